The number of carbonyl (C=O) groups is 2. The normalized spacial score (nSPS) is 11.2. The Morgan fingerprint density at radius 2 is 1.61 bits per heavy atom. The molecule has 0 aromatic heterocycles. The van der Waals surface area contributed by atoms with E-state index in [-0.39, 0.29) is 22.8 Å². The van der Waals surface area contributed by atoms with Crippen LogP contribution in [0.25, 0.3) is 0 Å². The minimum Gasteiger partial charge on any atom is -0.325 e. The molecule has 0 aliphatic heterocycles. The molecule has 3 rings (SSSR count). The van der Waals surface area contributed by atoms with Crippen molar-refractivity contribution >= 4 is 39.0 Å². The van der Waals surface area contributed by atoms with Gasteiger partial charge in [0.2, 0.25) is 15.9 Å². The molecule has 0 fully saturated rings. The predicted octanol–water partition coefficient (Wildman–Crippen LogP) is 3.97. The first kappa shape index (κ1) is 22.7. The third-order valence-corrected chi connectivity index (χ3v) is 6.31. The Morgan fingerprint density at radius 3 is 2.29 bits per heavy atom. The first-order valence-corrected chi connectivity index (χ1v) is 11.3. The summed E-state index contributed by atoms with van der Waals surface area (Å²) in [5.74, 6) is -0.568. The molecule has 0 radical (unpaired) electrons. The number of ketones is 1. The predicted molar refractivity (Wildman–Crippen MR) is 121 cm³/mol. The van der Waals surface area contributed by atoms with Crippen molar-refractivity contribution in [2.24, 2.45) is 0 Å². The minimum atomic E-state index is -3.72. The topological polar surface area (TPSA) is 92.3 Å². The Hall–Kier alpha value is -3.00. The van der Waals surface area contributed by atoms with E-state index < -0.39 is 15.9 Å². The zero-order valence-corrected chi connectivity index (χ0v) is 18.5. The fraction of sp³-hybridized carbons (Fsp3) is 0.130. The number of para-hydroxylation sites is 1. The summed E-state index contributed by atoms with van der Waals surface area (Å²) >= 11 is 5.89. The monoisotopic (exact) mass is 456 g/mol. The summed E-state index contributed by atoms with van der Waals surface area (Å²) in [5.41, 5.74) is 2.62. The van der Waals surface area contributed by atoms with Crippen LogP contribution in [0, 0.1) is 6.92 Å². The van der Waals surface area contributed by atoms with Crippen molar-refractivity contribution in [3.63, 3.8) is 0 Å². The Bertz CT molecular complexity index is 1240. The number of amides is 1. The molecule has 0 saturated carbocycles. The molecule has 0 aliphatic carbocycles. The van der Waals surface area contributed by atoms with Crippen LogP contribution in [0.2, 0.25) is 5.02 Å². The van der Waals surface area contributed by atoms with Crippen LogP contribution in [-0.2, 0) is 21.2 Å². The number of hydrogen-bond acceptors (Lipinski definition) is 4. The number of aryl methyl sites for hydroxylation is 1. The van der Waals surface area contributed by atoms with Gasteiger partial charge in [-0.15, -0.1) is 0 Å². The molecule has 3 aromatic carbocycles. The molecule has 0 bridgehead atoms. The van der Waals surface area contributed by atoms with E-state index in [9.17, 15) is 18.0 Å². The number of carbonyl (C=O) groups excluding carboxylic acids is 2. The lowest BCUT2D eigenvalue weighted by Gasteiger charge is -2.12. The first-order valence-electron chi connectivity index (χ1n) is 9.43. The molecule has 0 spiro atoms. The molecule has 1 amide bonds. The van der Waals surface area contributed by atoms with Gasteiger partial charge in [-0.1, -0.05) is 35.4 Å². The highest BCUT2D eigenvalue weighted by molar-refractivity contribution is 7.89. The second kappa shape index (κ2) is 9.43. The SMILES string of the molecule is CNS(=O)(=O)c1ccccc1NC(=O)Cc1cc(C)cc(C(=O)c2ccc(Cl)cc2)c1. The molecule has 0 saturated heterocycles. The molecule has 0 unspecified atom stereocenters. The smallest absolute Gasteiger partial charge is 0.242 e. The average Bonchev–Trinajstić information content (AvgIpc) is 2.73. The van der Waals surface area contributed by atoms with Crippen molar-refractivity contribution in [1.82, 2.24) is 4.72 Å². The van der Waals surface area contributed by atoms with Crippen molar-refractivity contribution in [2.45, 2.75) is 18.2 Å². The van der Waals surface area contributed by atoms with Gasteiger partial charge in [0.15, 0.2) is 5.78 Å². The number of benzene rings is 3. The van der Waals surface area contributed by atoms with Crippen molar-refractivity contribution in [2.75, 3.05) is 12.4 Å². The van der Waals surface area contributed by atoms with E-state index in [1.165, 1.54) is 19.2 Å². The van der Waals surface area contributed by atoms with Gasteiger partial charge in [0.25, 0.3) is 0 Å². The van der Waals surface area contributed by atoms with Gasteiger partial charge in [0, 0.05) is 16.1 Å². The van der Waals surface area contributed by atoms with Gasteiger partial charge in [-0.25, -0.2) is 13.1 Å². The van der Waals surface area contributed by atoms with E-state index in [1.54, 1.807) is 48.5 Å². The van der Waals surface area contributed by atoms with Crippen molar-refractivity contribution in [1.29, 1.82) is 0 Å². The summed E-state index contributed by atoms with van der Waals surface area (Å²) < 4.78 is 26.6. The van der Waals surface area contributed by atoms with Crippen LogP contribution in [0.15, 0.2) is 71.6 Å². The number of nitrogens with one attached hydrogen (secondary N) is 2. The van der Waals surface area contributed by atoms with Crippen LogP contribution in [0.4, 0.5) is 5.69 Å². The molecule has 0 aliphatic rings. The molecule has 6 nitrogen and oxygen atoms in total. The lowest BCUT2D eigenvalue weighted by Crippen LogP contribution is -2.22. The van der Waals surface area contributed by atoms with E-state index in [0.29, 0.717) is 21.7 Å². The largest absolute Gasteiger partial charge is 0.325 e. The highest BCUT2D eigenvalue weighted by atomic mass is 35.5. The molecule has 3 aromatic rings. The maximum absolute atomic E-state index is 12.8. The number of rotatable bonds is 7. The van der Waals surface area contributed by atoms with Gasteiger partial charge in [-0.3, -0.25) is 9.59 Å². The third kappa shape index (κ3) is 5.58. The molecule has 0 heterocycles. The van der Waals surface area contributed by atoms with Gasteiger partial charge in [0.05, 0.1) is 12.1 Å². The maximum Gasteiger partial charge on any atom is 0.242 e. The van der Waals surface area contributed by atoms with E-state index >= 15 is 0 Å². The summed E-state index contributed by atoms with van der Waals surface area (Å²) in [5, 5.41) is 3.19. The van der Waals surface area contributed by atoms with Gasteiger partial charge in [-0.2, -0.15) is 0 Å². The molecular weight excluding hydrogens is 436 g/mol. The van der Waals surface area contributed by atoms with Crippen molar-refractivity contribution in [3.05, 3.63) is 94.0 Å². The second-order valence-corrected chi connectivity index (χ2v) is 9.26. The molecule has 8 heteroatoms. The van der Waals surface area contributed by atoms with Gasteiger partial charge in [0.1, 0.15) is 4.90 Å². The van der Waals surface area contributed by atoms with Crippen LogP contribution in [0.3, 0.4) is 0 Å². The van der Waals surface area contributed by atoms with Crippen LogP contribution >= 0.6 is 11.6 Å². The lowest BCUT2D eigenvalue weighted by atomic mass is 9.98. The number of anilines is 1. The van der Waals surface area contributed by atoms with Crippen LogP contribution in [0.5, 0.6) is 0 Å². The summed E-state index contributed by atoms with van der Waals surface area (Å²) in [6, 6.07) is 18.0. The van der Waals surface area contributed by atoms with E-state index in [0.717, 1.165) is 5.56 Å². The van der Waals surface area contributed by atoms with E-state index in [1.807, 2.05) is 13.0 Å². The van der Waals surface area contributed by atoms with Crippen LogP contribution in [0.1, 0.15) is 27.0 Å². The standard InChI is InChI=1S/C23H21ClN2O4S/c1-15-11-16(13-18(12-15)23(28)17-7-9-19(24)10-8-17)14-22(27)26-20-5-3-4-6-21(20)31(29,30)25-2/h3-13,25H,14H2,1-2H3,(H,26,27). The average molecular weight is 457 g/mol. The van der Waals surface area contributed by atoms with Gasteiger partial charge in [-0.05, 0) is 68.1 Å². The Labute approximate surface area is 186 Å². The number of sulfonamides is 1. The zero-order chi connectivity index (χ0) is 22.6. The fourth-order valence-electron chi connectivity index (χ4n) is 3.16. The summed E-state index contributed by atoms with van der Waals surface area (Å²) in [7, 11) is -2.42. The Balaban J connectivity index is 1.82. The number of hydrogen-bond donors (Lipinski definition) is 2. The van der Waals surface area contributed by atoms with Gasteiger partial charge >= 0.3 is 0 Å². The van der Waals surface area contributed by atoms with Crippen LogP contribution in [-0.4, -0.2) is 27.2 Å². The molecule has 160 valence electrons. The summed E-state index contributed by atoms with van der Waals surface area (Å²) in [4.78, 5) is 25.4. The first-order chi connectivity index (χ1) is 14.7. The highest BCUT2D eigenvalue weighted by Gasteiger charge is 2.18. The van der Waals surface area contributed by atoms with Crippen molar-refractivity contribution < 1.29 is 18.0 Å². The molecular formula is C23H21ClN2O4S. The van der Waals surface area contributed by atoms with E-state index in [4.69, 9.17) is 11.6 Å². The summed E-state index contributed by atoms with van der Waals surface area (Å²) in [6.07, 6.45) is -0.0173. The second-order valence-electron chi connectivity index (χ2n) is 6.97. The molecule has 2 N–H and O–H groups in total. The quantitative estimate of drug-likeness (QED) is 0.526. The number of halogens is 1. The Kier molecular flexibility index (Phi) is 6.90. The highest BCUT2D eigenvalue weighted by Crippen LogP contribution is 2.21. The van der Waals surface area contributed by atoms with Gasteiger partial charge < -0.3 is 5.32 Å². The Morgan fingerprint density at radius 1 is 0.935 bits per heavy atom. The van der Waals surface area contributed by atoms with Crippen molar-refractivity contribution in [3.8, 4) is 0 Å². The fourth-order valence-corrected chi connectivity index (χ4v) is 4.17. The summed E-state index contributed by atoms with van der Waals surface area (Å²) in [6.45, 7) is 1.84. The maximum atomic E-state index is 12.8. The molecule has 31 heavy (non-hydrogen) atoms. The molecule has 0 atom stereocenters. The zero-order valence-electron chi connectivity index (χ0n) is 17.0. The van der Waals surface area contributed by atoms with E-state index in [2.05, 4.69) is 10.0 Å². The lowest BCUT2D eigenvalue weighted by molar-refractivity contribution is -0.115. The van der Waals surface area contributed by atoms with Crippen LogP contribution < -0.4 is 10.0 Å². The third-order valence-electron chi connectivity index (χ3n) is 4.59. The minimum absolute atomic E-state index is 0.0173.